The number of rotatable bonds is 3. The average molecular weight is 252 g/mol. The zero-order valence-corrected chi connectivity index (χ0v) is 9.46. The molecule has 8 heteroatoms. The van der Waals surface area contributed by atoms with Crippen LogP contribution in [-0.2, 0) is 0 Å². The van der Waals surface area contributed by atoms with Gasteiger partial charge in [-0.1, -0.05) is 0 Å². The van der Waals surface area contributed by atoms with Crippen LogP contribution in [0.25, 0.3) is 0 Å². The number of nitrogens with one attached hydrogen (secondary N) is 1. The van der Waals surface area contributed by atoms with Crippen LogP contribution in [0.3, 0.4) is 0 Å². The molecule has 2 heterocycles. The van der Waals surface area contributed by atoms with Crippen molar-refractivity contribution < 1.29 is 19.8 Å². The maximum atomic E-state index is 11.1. The lowest BCUT2D eigenvalue weighted by Crippen LogP contribution is -2.44. The second kappa shape index (κ2) is 4.96. The molecule has 1 aliphatic heterocycles. The molecule has 0 amide bonds. The number of hydrogen-bond acceptors (Lipinski definition) is 6. The lowest BCUT2D eigenvalue weighted by Gasteiger charge is -2.28. The number of carboxylic acids is 2. The molecule has 0 aromatic carbocycles. The Hall–Kier alpha value is -2.22. The molecule has 1 aromatic rings. The van der Waals surface area contributed by atoms with Crippen molar-refractivity contribution >= 4 is 17.8 Å². The van der Waals surface area contributed by atoms with Gasteiger partial charge < -0.3 is 20.4 Å². The van der Waals surface area contributed by atoms with Crippen LogP contribution >= 0.6 is 0 Å². The molecule has 0 atom stereocenters. The lowest BCUT2D eigenvalue weighted by molar-refractivity contribution is 0.0671. The summed E-state index contributed by atoms with van der Waals surface area (Å²) in [6, 6.07) is 0. The number of hydrogen-bond donors (Lipinski definition) is 3. The number of carboxylic acid groups (broad SMARTS) is 2. The predicted octanol–water partition coefficient (Wildman–Crippen LogP) is -0.717. The van der Waals surface area contributed by atoms with E-state index in [0.717, 1.165) is 6.20 Å². The standard InChI is InChI=1S/C10H12N4O4/c15-9(16)6-5-12-7(10(17)18)8(13-6)14-3-1-11-2-4-14/h5,11H,1-4H2,(H,15,16)(H,17,18). The number of aromatic nitrogens is 2. The topological polar surface area (TPSA) is 116 Å². The van der Waals surface area contributed by atoms with Crippen molar-refractivity contribution in [3.63, 3.8) is 0 Å². The van der Waals surface area contributed by atoms with Gasteiger partial charge in [-0.3, -0.25) is 0 Å². The third kappa shape index (κ3) is 2.38. The van der Waals surface area contributed by atoms with E-state index in [2.05, 4.69) is 15.3 Å². The lowest BCUT2D eigenvalue weighted by atomic mass is 10.3. The van der Waals surface area contributed by atoms with Crippen molar-refractivity contribution in [2.75, 3.05) is 31.1 Å². The van der Waals surface area contributed by atoms with Gasteiger partial charge in [0.25, 0.3) is 0 Å². The quantitative estimate of drug-likeness (QED) is 0.645. The minimum Gasteiger partial charge on any atom is -0.476 e. The summed E-state index contributed by atoms with van der Waals surface area (Å²) < 4.78 is 0. The molecule has 0 unspecified atom stereocenters. The summed E-state index contributed by atoms with van der Waals surface area (Å²) in [5.74, 6) is -2.33. The molecular weight excluding hydrogens is 240 g/mol. The van der Waals surface area contributed by atoms with Gasteiger partial charge in [0.05, 0.1) is 6.20 Å². The highest BCUT2D eigenvalue weighted by atomic mass is 16.4. The van der Waals surface area contributed by atoms with Crippen LogP contribution < -0.4 is 10.2 Å². The van der Waals surface area contributed by atoms with Gasteiger partial charge in [-0.25, -0.2) is 19.6 Å². The first-order chi connectivity index (χ1) is 8.59. The second-order valence-electron chi connectivity index (χ2n) is 3.77. The van der Waals surface area contributed by atoms with Gasteiger partial charge >= 0.3 is 11.9 Å². The highest BCUT2D eigenvalue weighted by Gasteiger charge is 2.22. The van der Waals surface area contributed by atoms with Crippen LogP contribution in [-0.4, -0.2) is 58.3 Å². The van der Waals surface area contributed by atoms with Gasteiger partial charge in [-0.15, -0.1) is 0 Å². The largest absolute Gasteiger partial charge is 0.476 e. The summed E-state index contributed by atoms with van der Waals surface area (Å²) in [6.45, 7) is 2.52. The van der Waals surface area contributed by atoms with Crippen molar-refractivity contribution in [1.29, 1.82) is 0 Å². The van der Waals surface area contributed by atoms with Gasteiger partial charge in [0, 0.05) is 26.2 Å². The Kier molecular flexibility index (Phi) is 3.38. The fourth-order valence-electron chi connectivity index (χ4n) is 1.73. The molecule has 0 radical (unpaired) electrons. The van der Waals surface area contributed by atoms with E-state index >= 15 is 0 Å². The van der Waals surface area contributed by atoms with Crippen LogP contribution in [0.15, 0.2) is 6.20 Å². The van der Waals surface area contributed by atoms with Crippen molar-refractivity contribution in [1.82, 2.24) is 15.3 Å². The minimum absolute atomic E-state index is 0.115. The van der Waals surface area contributed by atoms with Crippen molar-refractivity contribution in [2.45, 2.75) is 0 Å². The molecule has 1 fully saturated rings. The maximum Gasteiger partial charge on any atom is 0.358 e. The normalized spacial score (nSPS) is 15.4. The zero-order valence-electron chi connectivity index (χ0n) is 9.46. The van der Waals surface area contributed by atoms with E-state index in [1.807, 2.05) is 0 Å². The summed E-state index contributed by atoms with van der Waals surface area (Å²) in [7, 11) is 0. The molecule has 18 heavy (non-hydrogen) atoms. The maximum absolute atomic E-state index is 11.1. The molecule has 0 spiro atoms. The Morgan fingerprint density at radius 1 is 1.22 bits per heavy atom. The average Bonchev–Trinajstić information content (AvgIpc) is 2.39. The Labute approximate surface area is 102 Å². The highest BCUT2D eigenvalue weighted by Crippen LogP contribution is 2.17. The first-order valence-electron chi connectivity index (χ1n) is 5.39. The Morgan fingerprint density at radius 2 is 1.89 bits per heavy atom. The van der Waals surface area contributed by atoms with Gasteiger partial charge in [0.15, 0.2) is 17.2 Å². The third-order valence-corrected chi connectivity index (χ3v) is 2.59. The summed E-state index contributed by atoms with van der Waals surface area (Å²) in [6.07, 6.45) is 0.956. The second-order valence-corrected chi connectivity index (χ2v) is 3.77. The van der Waals surface area contributed by atoms with Crippen LogP contribution in [0, 0.1) is 0 Å². The zero-order chi connectivity index (χ0) is 13.1. The summed E-state index contributed by atoms with van der Waals surface area (Å²) in [5, 5.41) is 21.0. The van der Waals surface area contributed by atoms with E-state index in [9.17, 15) is 9.59 Å². The molecule has 3 N–H and O–H groups in total. The van der Waals surface area contributed by atoms with E-state index in [0.29, 0.717) is 26.2 Å². The fraction of sp³-hybridized carbons (Fsp3) is 0.400. The molecule has 1 aliphatic rings. The smallest absolute Gasteiger partial charge is 0.358 e. The molecule has 2 rings (SSSR count). The molecule has 0 aliphatic carbocycles. The van der Waals surface area contributed by atoms with E-state index < -0.39 is 11.9 Å². The Bertz CT molecular complexity index is 485. The minimum atomic E-state index is -1.23. The van der Waals surface area contributed by atoms with Crippen molar-refractivity contribution in [3.8, 4) is 0 Å². The Morgan fingerprint density at radius 3 is 2.44 bits per heavy atom. The number of nitrogens with zero attached hydrogens (tertiary/aromatic N) is 3. The van der Waals surface area contributed by atoms with Crippen LogP contribution in [0.2, 0.25) is 0 Å². The molecule has 1 saturated heterocycles. The summed E-state index contributed by atoms with van der Waals surface area (Å²) >= 11 is 0. The fourth-order valence-corrected chi connectivity index (χ4v) is 1.73. The van der Waals surface area contributed by atoms with E-state index in [1.54, 1.807) is 4.90 Å². The number of anilines is 1. The highest BCUT2D eigenvalue weighted by molar-refractivity contribution is 5.93. The monoisotopic (exact) mass is 252 g/mol. The van der Waals surface area contributed by atoms with E-state index in [-0.39, 0.29) is 17.2 Å². The van der Waals surface area contributed by atoms with Crippen LogP contribution in [0.4, 0.5) is 5.82 Å². The van der Waals surface area contributed by atoms with Crippen LogP contribution in [0.5, 0.6) is 0 Å². The van der Waals surface area contributed by atoms with Crippen molar-refractivity contribution in [2.24, 2.45) is 0 Å². The van der Waals surface area contributed by atoms with Gasteiger partial charge in [-0.05, 0) is 0 Å². The number of piperazine rings is 1. The molecule has 96 valence electrons. The molecule has 8 nitrogen and oxygen atoms in total. The third-order valence-electron chi connectivity index (χ3n) is 2.59. The number of carbonyl (C=O) groups is 2. The van der Waals surface area contributed by atoms with Crippen molar-refractivity contribution in [3.05, 3.63) is 17.6 Å². The van der Waals surface area contributed by atoms with E-state index in [4.69, 9.17) is 10.2 Å². The first-order valence-corrected chi connectivity index (χ1v) is 5.39. The van der Waals surface area contributed by atoms with Crippen LogP contribution in [0.1, 0.15) is 21.0 Å². The summed E-state index contributed by atoms with van der Waals surface area (Å²) in [4.78, 5) is 31.2. The molecule has 0 saturated carbocycles. The van der Waals surface area contributed by atoms with Gasteiger partial charge in [0.2, 0.25) is 0 Å². The van der Waals surface area contributed by atoms with Gasteiger partial charge in [0.1, 0.15) is 0 Å². The molecular formula is C10H12N4O4. The van der Waals surface area contributed by atoms with E-state index in [1.165, 1.54) is 0 Å². The first kappa shape index (κ1) is 12.2. The molecule has 0 bridgehead atoms. The predicted molar refractivity (Wildman–Crippen MR) is 61.0 cm³/mol. The Balaban J connectivity index is 2.42. The SMILES string of the molecule is O=C(O)c1cnc(C(=O)O)c(N2CCNCC2)n1. The summed E-state index contributed by atoms with van der Waals surface area (Å²) in [5.41, 5.74) is -0.476. The van der Waals surface area contributed by atoms with Gasteiger partial charge in [-0.2, -0.15) is 0 Å². The molecule has 1 aromatic heterocycles. The number of aromatic carboxylic acids is 2.